The molecule has 2 aromatic carbocycles. The number of rotatable bonds is 7. The Kier molecular flexibility index (Phi) is 6.48. The third kappa shape index (κ3) is 5.32. The average molecular weight is 450 g/mol. The number of carboxylic acids is 2. The molecule has 1 aromatic heterocycles. The zero-order valence-electron chi connectivity index (χ0n) is 14.6. The van der Waals surface area contributed by atoms with Crippen LogP contribution in [0.15, 0.2) is 52.9 Å². The third-order valence-electron chi connectivity index (χ3n) is 3.83. The summed E-state index contributed by atoms with van der Waals surface area (Å²) in [6.45, 7) is 0. The number of halogens is 2. The Bertz CT molecular complexity index is 1100. The first kappa shape index (κ1) is 20.8. The molecule has 1 heterocycles. The van der Waals surface area contributed by atoms with Gasteiger partial charge in [-0.3, -0.25) is 5.43 Å². The summed E-state index contributed by atoms with van der Waals surface area (Å²) < 4.78 is 0. The number of carboxylic acid groups (broad SMARTS) is 2. The van der Waals surface area contributed by atoms with Crippen molar-refractivity contribution in [3.8, 4) is 11.3 Å². The van der Waals surface area contributed by atoms with Crippen molar-refractivity contribution >= 4 is 57.3 Å². The van der Waals surface area contributed by atoms with Crippen molar-refractivity contribution < 1.29 is 19.8 Å². The van der Waals surface area contributed by atoms with Crippen LogP contribution in [0.4, 0.5) is 5.13 Å². The van der Waals surface area contributed by atoms with Gasteiger partial charge in [-0.2, -0.15) is 5.10 Å². The predicted molar refractivity (Wildman–Crippen MR) is 113 cm³/mol. The smallest absolute Gasteiger partial charge is 0.352 e. The number of hydrogen-bond donors (Lipinski definition) is 3. The van der Waals surface area contributed by atoms with E-state index in [0.29, 0.717) is 26.4 Å². The summed E-state index contributed by atoms with van der Waals surface area (Å²) in [5, 5.41) is 25.3. The molecule has 0 spiro atoms. The largest absolute Gasteiger partial charge is 0.478 e. The van der Waals surface area contributed by atoms with Gasteiger partial charge in [0.1, 0.15) is 5.71 Å². The van der Waals surface area contributed by atoms with Crippen LogP contribution in [-0.2, 0) is 11.2 Å². The topological polar surface area (TPSA) is 112 Å². The van der Waals surface area contributed by atoms with Crippen LogP contribution in [0.1, 0.15) is 15.9 Å². The molecule has 29 heavy (non-hydrogen) atoms. The Balaban J connectivity index is 1.73. The second-order valence-electron chi connectivity index (χ2n) is 5.82. The van der Waals surface area contributed by atoms with E-state index in [-0.39, 0.29) is 17.7 Å². The molecule has 0 aliphatic rings. The Labute approximate surface area is 179 Å². The first-order chi connectivity index (χ1) is 13.8. The summed E-state index contributed by atoms with van der Waals surface area (Å²) in [6, 6.07) is 11.1. The highest BCUT2D eigenvalue weighted by Crippen LogP contribution is 2.30. The SMILES string of the molecule is O=C(O)/C(Cc1ccc(C(=O)O)cc1)=N\Nc1nc(-c2ccc(Cl)c(Cl)c2)cs1. The van der Waals surface area contributed by atoms with Gasteiger partial charge in [0, 0.05) is 17.4 Å². The summed E-state index contributed by atoms with van der Waals surface area (Å²) in [5.41, 5.74) is 4.67. The molecule has 0 saturated carbocycles. The highest BCUT2D eigenvalue weighted by Gasteiger charge is 2.13. The second kappa shape index (κ2) is 9.04. The van der Waals surface area contributed by atoms with Crippen LogP contribution in [-0.4, -0.2) is 32.8 Å². The van der Waals surface area contributed by atoms with Gasteiger partial charge in [0.15, 0.2) is 0 Å². The lowest BCUT2D eigenvalue weighted by atomic mass is 10.1. The van der Waals surface area contributed by atoms with E-state index in [1.807, 2.05) is 0 Å². The molecule has 148 valence electrons. The van der Waals surface area contributed by atoms with Crippen molar-refractivity contribution in [3.63, 3.8) is 0 Å². The van der Waals surface area contributed by atoms with E-state index in [9.17, 15) is 14.7 Å². The molecule has 3 rings (SSSR count). The van der Waals surface area contributed by atoms with Crippen LogP contribution in [0, 0.1) is 0 Å². The number of hydrazone groups is 1. The minimum Gasteiger partial charge on any atom is -0.478 e. The predicted octanol–water partition coefficient (Wildman–Crippen LogP) is 4.91. The van der Waals surface area contributed by atoms with Gasteiger partial charge in [-0.15, -0.1) is 11.3 Å². The standard InChI is InChI=1S/C19H13Cl2N3O4S/c20-13-6-5-12(8-14(13)21)16-9-29-19(22-16)24-23-15(18(27)28)7-10-1-3-11(4-2-10)17(25)26/h1-6,8-9H,7H2,(H,22,24)(H,25,26)(H,27,28)/b23-15-. The number of hydrogen-bond acceptors (Lipinski definition) is 6. The van der Waals surface area contributed by atoms with Crippen molar-refractivity contribution in [2.75, 3.05) is 5.43 Å². The number of nitrogens with zero attached hydrogens (tertiary/aromatic N) is 2. The number of aromatic nitrogens is 1. The van der Waals surface area contributed by atoms with E-state index in [0.717, 1.165) is 5.56 Å². The maximum absolute atomic E-state index is 11.5. The van der Waals surface area contributed by atoms with Crippen molar-refractivity contribution in [3.05, 3.63) is 69.0 Å². The van der Waals surface area contributed by atoms with E-state index in [2.05, 4.69) is 15.5 Å². The molecule has 7 nitrogen and oxygen atoms in total. The van der Waals surface area contributed by atoms with E-state index >= 15 is 0 Å². The van der Waals surface area contributed by atoms with Crippen LogP contribution in [0.2, 0.25) is 10.0 Å². The van der Waals surface area contributed by atoms with Gasteiger partial charge < -0.3 is 10.2 Å². The van der Waals surface area contributed by atoms with Gasteiger partial charge in [-0.05, 0) is 29.8 Å². The quantitative estimate of drug-likeness (QED) is 0.348. The molecule has 0 saturated heterocycles. The Morgan fingerprint density at radius 1 is 1.07 bits per heavy atom. The van der Waals surface area contributed by atoms with Crippen molar-refractivity contribution in [1.82, 2.24) is 4.98 Å². The molecular weight excluding hydrogens is 437 g/mol. The van der Waals surface area contributed by atoms with Gasteiger partial charge in [-0.25, -0.2) is 14.6 Å². The number of benzene rings is 2. The number of nitrogens with one attached hydrogen (secondary N) is 1. The molecule has 0 fully saturated rings. The first-order valence-electron chi connectivity index (χ1n) is 8.12. The summed E-state index contributed by atoms with van der Waals surface area (Å²) in [7, 11) is 0. The highest BCUT2D eigenvalue weighted by atomic mass is 35.5. The zero-order valence-corrected chi connectivity index (χ0v) is 16.9. The van der Waals surface area contributed by atoms with Crippen LogP contribution in [0.3, 0.4) is 0 Å². The summed E-state index contributed by atoms with van der Waals surface area (Å²) >= 11 is 13.2. The molecule has 3 N–H and O–H groups in total. The normalized spacial score (nSPS) is 11.3. The summed E-state index contributed by atoms with van der Waals surface area (Å²) in [5.74, 6) is -2.24. The monoisotopic (exact) mass is 449 g/mol. The molecule has 0 unspecified atom stereocenters. The van der Waals surface area contributed by atoms with Crippen LogP contribution >= 0.6 is 34.5 Å². The molecule has 0 bridgehead atoms. The molecule has 0 amide bonds. The minimum atomic E-state index is -1.19. The van der Waals surface area contributed by atoms with Gasteiger partial charge in [0.25, 0.3) is 0 Å². The Hall–Kier alpha value is -2.94. The third-order valence-corrected chi connectivity index (χ3v) is 5.31. The highest BCUT2D eigenvalue weighted by molar-refractivity contribution is 7.14. The van der Waals surface area contributed by atoms with Gasteiger partial charge in [0.2, 0.25) is 5.13 Å². The molecule has 3 aromatic rings. The van der Waals surface area contributed by atoms with E-state index in [1.165, 1.54) is 23.5 Å². The molecule has 0 aliphatic heterocycles. The minimum absolute atomic E-state index is 0.0211. The second-order valence-corrected chi connectivity index (χ2v) is 7.49. The molecule has 0 atom stereocenters. The van der Waals surface area contributed by atoms with E-state index in [1.54, 1.807) is 35.7 Å². The van der Waals surface area contributed by atoms with Crippen molar-refractivity contribution in [1.29, 1.82) is 0 Å². The zero-order chi connectivity index (χ0) is 21.0. The van der Waals surface area contributed by atoms with Gasteiger partial charge >= 0.3 is 11.9 Å². The lowest BCUT2D eigenvalue weighted by Crippen LogP contribution is -2.17. The Morgan fingerprint density at radius 3 is 2.41 bits per heavy atom. The van der Waals surface area contributed by atoms with E-state index < -0.39 is 11.9 Å². The van der Waals surface area contributed by atoms with Crippen LogP contribution in [0.25, 0.3) is 11.3 Å². The lowest BCUT2D eigenvalue weighted by Gasteiger charge is -2.03. The lowest BCUT2D eigenvalue weighted by molar-refractivity contribution is -0.129. The average Bonchev–Trinajstić information content (AvgIpc) is 3.16. The van der Waals surface area contributed by atoms with Gasteiger partial charge in [0.05, 0.1) is 21.3 Å². The fourth-order valence-electron chi connectivity index (χ4n) is 2.35. The Morgan fingerprint density at radius 2 is 1.79 bits per heavy atom. The maximum Gasteiger partial charge on any atom is 0.352 e. The molecule has 10 heteroatoms. The van der Waals surface area contributed by atoms with E-state index in [4.69, 9.17) is 28.3 Å². The summed E-state index contributed by atoms with van der Waals surface area (Å²) in [6.07, 6.45) is 0.0211. The molecular formula is C19H13Cl2N3O4S. The number of aromatic carboxylic acids is 1. The van der Waals surface area contributed by atoms with Gasteiger partial charge in [-0.1, -0.05) is 41.4 Å². The number of aliphatic carboxylic acids is 1. The summed E-state index contributed by atoms with van der Waals surface area (Å²) in [4.78, 5) is 26.7. The maximum atomic E-state index is 11.5. The number of anilines is 1. The van der Waals surface area contributed by atoms with Crippen molar-refractivity contribution in [2.24, 2.45) is 5.10 Å². The van der Waals surface area contributed by atoms with Crippen LogP contribution < -0.4 is 5.43 Å². The number of thiazole rings is 1. The first-order valence-corrected chi connectivity index (χ1v) is 9.76. The molecule has 0 aliphatic carbocycles. The van der Waals surface area contributed by atoms with Crippen LogP contribution in [0.5, 0.6) is 0 Å². The molecule has 0 radical (unpaired) electrons. The van der Waals surface area contributed by atoms with Crippen molar-refractivity contribution in [2.45, 2.75) is 6.42 Å². The number of carbonyl (C=O) groups is 2. The fourth-order valence-corrected chi connectivity index (χ4v) is 3.31. The fraction of sp³-hybridized carbons (Fsp3) is 0.0526.